The summed E-state index contributed by atoms with van der Waals surface area (Å²) in [5.74, 6) is 0.650. The van der Waals surface area contributed by atoms with E-state index in [-0.39, 0.29) is 5.56 Å². The Balaban J connectivity index is 1.74. The molecule has 0 spiro atoms. The van der Waals surface area contributed by atoms with Crippen molar-refractivity contribution in [2.75, 3.05) is 32.0 Å². The zero-order chi connectivity index (χ0) is 20.8. The van der Waals surface area contributed by atoms with Gasteiger partial charge in [-0.1, -0.05) is 12.1 Å². The summed E-state index contributed by atoms with van der Waals surface area (Å²) in [7, 11) is 4.61. The van der Waals surface area contributed by atoms with Crippen LogP contribution in [0.3, 0.4) is 0 Å². The Kier molecular flexibility index (Phi) is 6.13. The lowest BCUT2D eigenvalue weighted by Crippen LogP contribution is -2.14. The molecule has 1 aromatic heterocycles. The zero-order valence-electron chi connectivity index (χ0n) is 16.2. The van der Waals surface area contributed by atoms with Crippen LogP contribution >= 0.6 is 0 Å². The number of carbonyl (C=O) groups excluding carboxylic acids is 1. The number of ether oxygens (including phenoxy) is 3. The molecule has 0 fully saturated rings. The summed E-state index contributed by atoms with van der Waals surface area (Å²) in [6, 6.07) is 12.6. The molecule has 2 N–H and O–H groups in total. The second-order valence-electron chi connectivity index (χ2n) is 5.91. The van der Waals surface area contributed by atoms with Crippen LogP contribution < -0.4 is 24.8 Å². The van der Waals surface area contributed by atoms with Crippen LogP contribution in [0.2, 0.25) is 0 Å². The Hall–Kier alpha value is -3.81. The highest BCUT2D eigenvalue weighted by Gasteiger charge is 2.14. The van der Waals surface area contributed by atoms with Gasteiger partial charge in [0, 0.05) is 17.8 Å². The highest BCUT2D eigenvalue weighted by Crippen LogP contribution is 2.40. The maximum Gasteiger partial charge on any atom is 0.259 e. The third-order valence-electron chi connectivity index (χ3n) is 4.08. The van der Waals surface area contributed by atoms with Gasteiger partial charge in [-0.25, -0.2) is 9.37 Å². The molecule has 0 saturated heterocycles. The molecular formula is C21H20FN3O4. The number of hydrogen-bond donors (Lipinski definition) is 2. The fourth-order valence-corrected chi connectivity index (χ4v) is 2.69. The van der Waals surface area contributed by atoms with Crippen LogP contribution in [0.1, 0.15) is 10.4 Å². The normalized spacial score (nSPS) is 10.2. The van der Waals surface area contributed by atoms with E-state index in [1.807, 2.05) is 0 Å². The largest absolute Gasteiger partial charge is 0.493 e. The Labute approximate surface area is 167 Å². The fourth-order valence-electron chi connectivity index (χ4n) is 2.69. The van der Waals surface area contributed by atoms with Gasteiger partial charge in [-0.2, -0.15) is 0 Å². The number of carbonyl (C=O) groups is 1. The average molecular weight is 397 g/mol. The molecule has 150 valence electrons. The number of nitrogens with zero attached hydrogens (tertiary/aromatic N) is 1. The number of aromatic nitrogens is 1. The summed E-state index contributed by atoms with van der Waals surface area (Å²) in [5.41, 5.74) is 1.32. The first-order valence-electron chi connectivity index (χ1n) is 8.64. The van der Waals surface area contributed by atoms with Crippen molar-refractivity contribution in [1.29, 1.82) is 0 Å². The molecule has 0 saturated carbocycles. The molecule has 2 aromatic carbocycles. The maximum absolute atomic E-state index is 13.7. The minimum Gasteiger partial charge on any atom is -0.493 e. The van der Waals surface area contributed by atoms with Gasteiger partial charge in [-0.15, -0.1) is 0 Å². The van der Waals surface area contributed by atoms with E-state index in [2.05, 4.69) is 15.6 Å². The zero-order valence-corrected chi connectivity index (χ0v) is 16.2. The van der Waals surface area contributed by atoms with E-state index in [9.17, 15) is 9.18 Å². The molecule has 0 bridgehead atoms. The van der Waals surface area contributed by atoms with Crippen molar-refractivity contribution in [2.45, 2.75) is 0 Å². The number of methoxy groups -OCH3 is 3. The highest BCUT2D eigenvalue weighted by atomic mass is 19.1. The number of rotatable bonds is 7. The standard InChI is InChI=1S/C21H20FN3O4/c1-27-17-10-14(11-18(28-2)20(17)29-3)24-13-8-9-19(23-12-13)25-21(26)15-6-4-5-7-16(15)22/h4-12,24H,1-3H3,(H,23,25,26). The Bertz CT molecular complexity index is 984. The first kappa shape index (κ1) is 19.9. The first-order valence-corrected chi connectivity index (χ1v) is 8.64. The van der Waals surface area contributed by atoms with E-state index in [4.69, 9.17) is 14.2 Å². The van der Waals surface area contributed by atoms with E-state index < -0.39 is 11.7 Å². The van der Waals surface area contributed by atoms with Gasteiger partial charge in [0.1, 0.15) is 11.6 Å². The summed E-state index contributed by atoms with van der Waals surface area (Å²) in [6.45, 7) is 0. The number of anilines is 3. The number of pyridine rings is 1. The molecule has 8 heteroatoms. The maximum atomic E-state index is 13.7. The molecule has 0 radical (unpaired) electrons. The predicted molar refractivity (Wildman–Crippen MR) is 108 cm³/mol. The SMILES string of the molecule is COc1cc(Nc2ccc(NC(=O)c3ccccc3F)nc2)cc(OC)c1OC. The number of benzene rings is 2. The molecule has 0 aliphatic carbocycles. The number of amides is 1. The van der Waals surface area contributed by atoms with Crippen LogP contribution in [0.5, 0.6) is 17.2 Å². The molecule has 29 heavy (non-hydrogen) atoms. The second-order valence-corrected chi connectivity index (χ2v) is 5.91. The van der Waals surface area contributed by atoms with Crippen molar-refractivity contribution in [2.24, 2.45) is 0 Å². The van der Waals surface area contributed by atoms with Crippen LogP contribution in [-0.4, -0.2) is 32.2 Å². The monoisotopic (exact) mass is 397 g/mol. The van der Waals surface area contributed by atoms with Crippen LogP contribution in [0.4, 0.5) is 21.6 Å². The minimum atomic E-state index is -0.592. The van der Waals surface area contributed by atoms with Crippen LogP contribution in [-0.2, 0) is 0 Å². The topological polar surface area (TPSA) is 81.7 Å². The van der Waals surface area contributed by atoms with Gasteiger partial charge in [-0.05, 0) is 24.3 Å². The lowest BCUT2D eigenvalue weighted by molar-refractivity contribution is 0.102. The fraction of sp³-hybridized carbons (Fsp3) is 0.143. The molecule has 0 atom stereocenters. The summed E-state index contributed by atoms with van der Waals surface area (Å²) in [5, 5.41) is 5.74. The molecule has 3 aromatic rings. The van der Waals surface area contributed by atoms with Gasteiger partial charge in [0.15, 0.2) is 11.5 Å². The number of nitrogens with one attached hydrogen (secondary N) is 2. The third-order valence-corrected chi connectivity index (χ3v) is 4.08. The quantitative estimate of drug-likeness (QED) is 0.621. The third kappa shape index (κ3) is 4.55. The molecule has 0 aliphatic heterocycles. The first-order chi connectivity index (χ1) is 14.0. The van der Waals surface area contributed by atoms with Crippen molar-refractivity contribution in [3.8, 4) is 17.2 Å². The molecule has 0 unspecified atom stereocenters. The summed E-state index contributed by atoms with van der Waals surface area (Å²) >= 11 is 0. The Morgan fingerprint density at radius 3 is 2.17 bits per heavy atom. The summed E-state index contributed by atoms with van der Waals surface area (Å²) in [6.07, 6.45) is 1.54. The molecule has 1 amide bonds. The van der Waals surface area contributed by atoms with E-state index >= 15 is 0 Å². The molecule has 1 heterocycles. The van der Waals surface area contributed by atoms with E-state index in [0.717, 1.165) is 0 Å². The molecule has 7 nitrogen and oxygen atoms in total. The van der Waals surface area contributed by atoms with Gasteiger partial charge < -0.3 is 24.8 Å². The van der Waals surface area contributed by atoms with Gasteiger partial charge >= 0.3 is 0 Å². The van der Waals surface area contributed by atoms with Gasteiger partial charge in [0.25, 0.3) is 5.91 Å². The predicted octanol–water partition coefficient (Wildman–Crippen LogP) is 4.24. The summed E-state index contributed by atoms with van der Waals surface area (Å²) < 4.78 is 29.7. The van der Waals surface area contributed by atoms with Crippen molar-refractivity contribution < 1.29 is 23.4 Å². The lowest BCUT2D eigenvalue weighted by Gasteiger charge is -2.15. The lowest BCUT2D eigenvalue weighted by atomic mass is 10.2. The van der Waals surface area contributed by atoms with Crippen LogP contribution in [0, 0.1) is 5.82 Å². The van der Waals surface area contributed by atoms with Crippen LogP contribution in [0.25, 0.3) is 0 Å². The van der Waals surface area contributed by atoms with Crippen LogP contribution in [0.15, 0.2) is 54.7 Å². The van der Waals surface area contributed by atoms with E-state index in [1.54, 1.807) is 36.5 Å². The Morgan fingerprint density at radius 1 is 0.931 bits per heavy atom. The number of hydrogen-bond acceptors (Lipinski definition) is 6. The van der Waals surface area contributed by atoms with E-state index in [1.165, 1.54) is 39.5 Å². The molecule has 0 aliphatic rings. The van der Waals surface area contributed by atoms with Crippen molar-refractivity contribution >= 4 is 23.1 Å². The Morgan fingerprint density at radius 2 is 1.62 bits per heavy atom. The smallest absolute Gasteiger partial charge is 0.259 e. The molecule has 3 rings (SSSR count). The van der Waals surface area contributed by atoms with Gasteiger partial charge in [0.2, 0.25) is 5.75 Å². The van der Waals surface area contributed by atoms with Crippen molar-refractivity contribution in [3.05, 3.63) is 66.1 Å². The highest BCUT2D eigenvalue weighted by molar-refractivity contribution is 6.03. The van der Waals surface area contributed by atoms with E-state index in [0.29, 0.717) is 34.4 Å². The average Bonchev–Trinajstić information content (AvgIpc) is 2.74. The molecular weight excluding hydrogens is 377 g/mol. The van der Waals surface area contributed by atoms with Gasteiger partial charge in [0.05, 0.1) is 38.8 Å². The van der Waals surface area contributed by atoms with Crippen molar-refractivity contribution in [1.82, 2.24) is 4.98 Å². The summed E-state index contributed by atoms with van der Waals surface area (Å²) in [4.78, 5) is 16.4. The minimum absolute atomic E-state index is 0.0473. The second kappa shape index (κ2) is 8.92. The van der Waals surface area contributed by atoms with Crippen molar-refractivity contribution in [3.63, 3.8) is 0 Å². The van der Waals surface area contributed by atoms with Gasteiger partial charge in [-0.3, -0.25) is 4.79 Å². The number of halogens is 1.